The molecule has 4 rings (SSSR count). The molecular formula is C34H38F6N2O9. The Balaban J connectivity index is 0.000000281. The zero-order valence-electron chi connectivity index (χ0n) is 28.0. The van der Waals surface area contributed by atoms with Gasteiger partial charge in [-0.05, 0) is 68.0 Å². The van der Waals surface area contributed by atoms with Crippen LogP contribution in [0.3, 0.4) is 0 Å². The number of carboxylic acids is 1. The monoisotopic (exact) mass is 732 g/mol. The molecule has 17 heteroatoms. The highest BCUT2D eigenvalue weighted by Gasteiger charge is 2.39. The number of carbonyl (C=O) groups is 5. The van der Waals surface area contributed by atoms with Crippen LogP contribution in [0.5, 0.6) is 0 Å². The highest BCUT2D eigenvalue weighted by molar-refractivity contribution is 5.97. The Morgan fingerprint density at radius 1 is 0.745 bits per heavy atom. The summed E-state index contributed by atoms with van der Waals surface area (Å²) in [5.41, 5.74) is -1.17. The minimum Gasteiger partial charge on any atom is -0.481 e. The molecule has 0 bridgehead atoms. The number of hydrogen-bond donors (Lipinski definition) is 1. The SMILES string of the molecule is CCOC(=O)CC(=O)[C@@H]1CCN(C(=O)OC)[C@H](c2cccc(C(F)(F)F)c2)C1.COC(=O)N1CCC(C(=O)O)CC1c1cccc(C(F)(F)F)c1. The Kier molecular flexibility index (Phi) is 13.8. The van der Waals surface area contributed by atoms with Gasteiger partial charge in [-0.15, -0.1) is 0 Å². The van der Waals surface area contributed by atoms with Crippen molar-refractivity contribution in [2.75, 3.05) is 33.9 Å². The average molecular weight is 733 g/mol. The number of ether oxygens (including phenoxy) is 3. The second-order valence-corrected chi connectivity index (χ2v) is 11.8. The molecule has 280 valence electrons. The first-order valence-electron chi connectivity index (χ1n) is 15.9. The first kappa shape index (κ1) is 40.6. The molecular weight excluding hydrogens is 694 g/mol. The zero-order valence-corrected chi connectivity index (χ0v) is 28.0. The Labute approximate surface area is 289 Å². The van der Waals surface area contributed by atoms with Crippen molar-refractivity contribution >= 4 is 29.9 Å². The number of ketones is 1. The van der Waals surface area contributed by atoms with Crippen LogP contribution in [0.1, 0.15) is 73.4 Å². The number of nitrogens with zero attached hydrogens (tertiary/aromatic N) is 2. The van der Waals surface area contributed by atoms with Crippen molar-refractivity contribution in [3.63, 3.8) is 0 Å². The molecule has 11 nitrogen and oxygen atoms in total. The summed E-state index contributed by atoms with van der Waals surface area (Å²) >= 11 is 0. The lowest BCUT2D eigenvalue weighted by molar-refractivity contribution is -0.147. The highest BCUT2D eigenvalue weighted by Crippen LogP contribution is 2.39. The normalized spacial score (nSPS) is 20.7. The van der Waals surface area contributed by atoms with Crippen LogP contribution in [0.2, 0.25) is 0 Å². The number of benzene rings is 2. The summed E-state index contributed by atoms with van der Waals surface area (Å²) < 4.78 is 92.0. The van der Waals surface area contributed by atoms with Crippen LogP contribution >= 0.6 is 0 Å². The lowest BCUT2D eigenvalue weighted by Crippen LogP contribution is -2.43. The number of esters is 1. The molecule has 2 aliphatic rings. The van der Waals surface area contributed by atoms with Crippen molar-refractivity contribution < 1.29 is 69.6 Å². The van der Waals surface area contributed by atoms with E-state index < -0.39 is 77.9 Å². The van der Waals surface area contributed by atoms with E-state index in [9.17, 15) is 50.3 Å². The number of methoxy groups -OCH3 is 2. The minimum absolute atomic E-state index is 0.0474. The molecule has 2 fully saturated rings. The molecule has 2 amide bonds. The molecule has 0 spiro atoms. The van der Waals surface area contributed by atoms with Gasteiger partial charge < -0.3 is 29.1 Å². The first-order valence-corrected chi connectivity index (χ1v) is 15.9. The summed E-state index contributed by atoms with van der Waals surface area (Å²) in [5.74, 6) is -3.29. The average Bonchev–Trinajstić information content (AvgIpc) is 3.10. The fourth-order valence-corrected chi connectivity index (χ4v) is 6.09. The molecule has 0 radical (unpaired) electrons. The summed E-state index contributed by atoms with van der Waals surface area (Å²) in [4.78, 5) is 61.7. The van der Waals surface area contributed by atoms with E-state index in [-0.39, 0.29) is 55.9 Å². The number of piperidine rings is 2. The molecule has 51 heavy (non-hydrogen) atoms. The second kappa shape index (κ2) is 17.4. The van der Waals surface area contributed by atoms with Crippen molar-refractivity contribution in [2.24, 2.45) is 11.8 Å². The number of alkyl halides is 6. The smallest absolute Gasteiger partial charge is 0.416 e. The van der Waals surface area contributed by atoms with Gasteiger partial charge in [-0.3, -0.25) is 14.4 Å². The number of Topliss-reactive ketones (excluding diaryl/α,β-unsaturated/α-hetero) is 1. The number of hydrogen-bond acceptors (Lipinski definition) is 8. The maximum absolute atomic E-state index is 13.1. The number of rotatable bonds is 7. The Bertz CT molecular complexity index is 1570. The van der Waals surface area contributed by atoms with Crippen LogP contribution < -0.4 is 0 Å². The third-order valence-electron chi connectivity index (χ3n) is 8.65. The number of aliphatic carboxylic acids is 1. The van der Waals surface area contributed by atoms with Crippen LogP contribution in [0.15, 0.2) is 48.5 Å². The predicted molar refractivity (Wildman–Crippen MR) is 166 cm³/mol. The van der Waals surface area contributed by atoms with Crippen molar-refractivity contribution in [1.82, 2.24) is 9.80 Å². The van der Waals surface area contributed by atoms with Gasteiger partial charge in [-0.2, -0.15) is 26.3 Å². The third-order valence-corrected chi connectivity index (χ3v) is 8.65. The number of carboxylic acid groups (broad SMARTS) is 1. The Morgan fingerprint density at radius 2 is 1.18 bits per heavy atom. The van der Waals surface area contributed by atoms with Gasteiger partial charge in [0.05, 0.1) is 50.0 Å². The molecule has 2 aromatic carbocycles. The van der Waals surface area contributed by atoms with Crippen molar-refractivity contribution in [1.29, 1.82) is 0 Å². The van der Waals surface area contributed by atoms with Crippen LogP contribution in [0, 0.1) is 11.8 Å². The second-order valence-electron chi connectivity index (χ2n) is 11.8. The quantitative estimate of drug-likeness (QED) is 0.137. The third kappa shape index (κ3) is 10.8. The van der Waals surface area contributed by atoms with Gasteiger partial charge in [0.25, 0.3) is 0 Å². The lowest BCUT2D eigenvalue weighted by atomic mass is 9.83. The highest BCUT2D eigenvalue weighted by atomic mass is 19.4. The topological polar surface area (TPSA) is 140 Å². The maximum atomic E-state index is 13.1. The fraction of sp³-hybridized carbons (Fsp3) is 0.500. The van der Waals surface area contributed by atoms with E-state index in [1.54, 1.807) is 6.92 Å². The summed E-state index contributed by atoms with van der Waals surface area (Å²) in [5, 5.41) is 9.15. The van der Waals surface area contributed by atoms with E-state index >= 15 is 0 Å². The molecule has 2 saturated heterocycles. The summed E-state index contributed by atoms with van der Waals surface area (Å²) in [6, 6.07) is 7.72. The van der Waals surface area contributed by atoms with Crippen LogP contribution in [-0.2, 0) is 40.9 Å². The van der Waals surface area contributed by atoms with E-state index in [2.05, 4.69) is 4.74 Å². The van der Waals surface area contributed by atoms with Gasteiger partial charge in [0.2, 0.25) is 0 Å². The van der Waals surface area contributed by atoms with Crippen molar-refractivity contribution in [3.05, 3.63) is 70.8 Å². The maximum Gasteiger partial charge on any atom is 0.416 e. The number of amides is 2. The van der Waals surface area contributed by atoms with Gasteiger partial charge in [-0.25, -0.2) is 9.59 Å². The number of halogens is 6. The van der Waals surface area contributed by atoms with Gasteiger partial charge in [0.15, 0.2) is 0 Å². The van der Waals surface area contributed by atoms with Crippen molar-refractivity contribution in [3.8, 4) is 0 Å². The molecule has 2 unspecified atom stereocenters. The number of carbonyl (C=O) groups excluding carboxylic acids is 4. The van der Waals surface area contributed by atoms with Crippen molar-refractivity contribution in [2.45, 2.75) is 63.5 Å². The molecule has 2 aliphatic heterocycles. The van der Waals surface area contributed by atoms with Crippen LogP contribution in [-0.4, -0.2) is 78.7 Å². The molecule has 0 aromatic heterocycles. The largest absolute Gasteiger partial charge is 0.481 e. The van der Waals surface area contributed by atoms with Crippen LogP contribution in [0.4, 0.5) is 35.9 Å². The minimum atomic E-state index is -4.53. The first-order chi connectivity index (χ1) is 23.9. The van der Waals surface area contributed by atoms with Crippen LogP contribution in [0.25, 0.3) is 0 Å². The summed E-state index contributed by atoms with van der Waals surface area (Å²) in [7, 11) is 2.36. The molecule has 4 atom stereocenters. The molecule has 0 saturated carbocycles. The van der Waals surface area contributed by atoms with Gasteiger partial charge in [0, 0.05) is 19.0 Å². The van der Waals surface area contributed by atoms with E-state index in [1.165, 1.54) is 48.3 Å². The zero-order chi connectivity index (χ0) is 38.1. The lowest BCUT2D eigenvalue weighted by Gasteiger charge is -2.38. The van der Waals surface area contributed by atoms with Gasteiger partial charge in [0.1, 0.15) is 12.2 Å². The van der Waals surface area contributed by atoms with E-state index in [4.69, 9.17) is 14.6 Å². The van der Waals surface area contributed by atoms with E-state index in [0.717, 1.165) is 24.3 Å². The molecule has 2 heterocycles. The number of likely N-dealkylation sites (tertiary alicyclic amines) is 2. The molecule has 0 aliphatic carbocycles. The molecule has 1 N–H and O–H groups in total. The van der Waals surface area contributed by atoms with Gasteiger partial charge >= 0.3 is 36.5 Å². The van der Waals surface area contributed by atoms with Gasteiger partial charge in [-0.1, -0.05) is 24.3 Å². The standard InChI is InChI=1S/C19H22F3NO5.C15H16F3NO4/c1-3-28-17(25)11-16(24)13-7-8-23(18(26)27-2)15(10-13)12-5-4-6-14(9-12)19(20,21)22;1-23-14(22)19-6-5-10(13(20)21)8-12(19)9-3-2-4-11(7-9)15(16,17)18/h4-6,9,13,15H,3,7-8,10-11H2,1-2H3;2-4,7,10,12H,5-6,8H2,1H3,(H,20,21)/t13-,15+;/m1./s1. The van der Waals surface area contributed by atoms with E-state index in [0.29, 0.717) is 6.42 Å². The summed E-state index contributed by atoms with van der Waals surface area (Å²) in [6.45, 7) is 2.03. The Hall–Kier alpha value is -4.83. The predicted octanol–water partition coefficient (Wildman–Crippen LogP) is 7.06. The molecule has 2 aromatic rings. The summed E-state index contributed by atoms with van der Waals surface area (Å²) in [6.07, 6.45) is -10.1. The Morgan fingerprint density at radius 3 is 1.57 bits per heavy atom. The van der Waals surface area contributed by atoms with E-state index in [1.807, 2.05) is 0 Å². The fourth-order valence-electron chi connectivity index (χ4n) is 6.09.